The standard InChI is InChI=1S/C51H51N5O9/c1-48(2,3)62-28-18-42-31(44(20-28)64-50(7,8)9)22-30(46(57)60-42)34-14-13-15-35(56-34)36-24-53-37(25-52-36)38-26-55-39(27-54-38)41-17-16-40(59-41)33-23-32-43(61-47(33)58)19-29(63-49(4,5)6)21-45(32)65-51(10,11)12/h13-27H,1-12H3. The van der Waals surface area contributed by atoms with Crippen molar-refractivity contribution in [3.63, 3.8) is 0 Å². The maximum absolute atomic E-state index is 13.4. The van der Waals surface area contributed by atoms with Crippen molar-refractivity contribution in [2.45, 2.75) is 105 Å². The number of furan rings is 1. The fourth-order valence-electron chi connectivity index (χ4n) is 6.86. The smallest absolute Gasteiger partial charge is 0.347 e. The summed E-state index contributed by atoms with van der Waals surface area (Å²) in [5, 5.41) is 1.19. The van der Waals surface area contributed by atoms with Crippen LogP contribution in [-0.4, -0.2) is 47.3 Å². The van der Waals surface area contributed by atoms with Crippen LogP contribution in [0.25, 0.3) is 78.7 Å². The van der Waals surface area contributed by atoms with E-state index in [0.29, 0.717) is 90.6 Å². The van der Waals surface area contributed by atoms with Gasteiger partial charge in [-0.15, -0.1) is 0 Å². The van der Waals surface area contributed by atoms with Gasteiger partial charge in [0.2, 0.25) is 0 Å². The molecule has 0 atom stereocenters. The number of benzene rings is 2. The second-order valence-electron chi connectivity index (χ2n) is 19.6. The predicted octanol–water partition coefficient (Wildman–Crippen LogP) is 11.5. The normalized spacial score (nSPS) is 12.4. The summed E-state index contributed by atoms with van der Waals surface area (Å²) < 4.78 is 42.6. The molecule has 334 valence electrons. The van der Waals surface area contributed by atoms with E-state index < -0.39 is 33.7 Å². The first-order valence-corrected chi connectivity index (χ1v) is 21.2. The van der Waals surface area contributed by atoms with Gasteiger partial charge in [-0.3, -0.25) is 15.0 Å². The van der Waals surface area contributed by atoms with E-state index in [1.165, 1.54) is 0 Å². The molecular weight excluding hydrogens is 827 g/mol. The van der Waals surface area contributed by atoms with Gasteiger partial charge in [-0.1, -0.05) is 6.07 Å². The first-order chi connectivity index (χ1) is 30.4. The Morgan fingerprint density at radius 1 is 0.415 bits per heavy atom. The van der Waals surface area contributed by atoms with Gasteiger partial charge in [0.1, 0.15) is 90.7 Å². The summed E-state index contributed by atoms with van der Waals surface area (Å²) >= 11 is 0. The number of ether oxygens (including phenoxy) is 4. The number of aromatic nitrogens is 5. The molecule has 0 spiro atoms. The molecular formula is C51H51N5O9. The van der Waals surface area contributed by atoms with E-state index >= 15 is 0 Å². The van der Waals surface area contributed by atoms with E-state index in [-0.39, 0.29) is 11.1 Å². The van der Waals surface area contributed by atoms with E-state index in [2.05, 4.69) is 19.9 Å². The summed E-state index contributed by atoms with van der Waals surface area (Å²) in [7, 11) is 0. The van der Waals surface area contributed by atoms with E-state index in [9.17, 15) is 9.59 Å². The highest BCUT2D eigenvalue weighted by molar-refractivity contribution is 5.89. The monoisotopic (exact) mass is 877 g/mol. The first-order valence-electron chi connectivity index (χ1n) is 21.2. The van der Waals surface area contributed by atoms with Gasteiger partial charge in [-0.25, -0.2) is 19.6 Å². The van der Waals surface area contributed by atoms with Crippen molar-refractivity contribution in [3.8, 4) is 79.8 Å². The Hall–Kier alpha value is -7.35. The highest BCUT2D eigenvalue weighted by Gasteiger charge is 2.24. The Morgan fingerprint density at radius 3 is 1.31 bits per heavy atom. The quantitative estimate of drug-likeness (QED) is 0.125. The van der Waals surface area contributed by atoms with Crippen molar-refractivity contribution in [1.82, 2.24) is 24.9 Å². The van der Waals surface area contributed by atoms with E-state index in [1.807, 2.05) is 83.1 Å². The molecule has 0 amide bonds. The summed E-state index contributed by atoms with van der Waals surface area (Å²) in [4.78, 5) is 49.9. The van der Waals surface area contributed by atoms with Gasteiger partial charge in [0, 0.05) is 24.3 Å². The van der Waals surface area contributed by atoms with Gasteiger partial charge in [0.05, 0.1) is 52.5 Å². The molecule has 14 nitrogen and oxygen atoms in total. The minimum atomic E-state index is -0.584. The van der Waals surface area contributed by atoms with Crippen LogP contribution in [0.4, 0.5) is 0 Å². The molecule has 8 aromatic rings. The molecule has 6 aromatic heterocycles. The molecule has 0 saturated heterocycles. The fourth-order valence-corrected chi connectivity index (χ4v) is 6.86. The molecule has 0 fully saturated rings. The minimum absolute atomic E-state index is 0.216. The Kier molecular flexibility index (Phi) is 11.1. The SMILES string of the molecule is CC(C)(C)Oc1cc(OC(C)(C)C)c2cc(-c3cccc(-c4cnc(-c5cnc(-c6ccc(-c7cc8c(OC(C)(C)C)cc(OC(C)(C)C)cc8oc7=O)o6)cn5)cn4)n3)c(=O)oc2c1. The van der Waals surface area contributed by atoms with Crippen molar-refractivity contribution in [3.05, 3.63) is 112 Å². The van der Waals surface area contributed by atoms with Crippen molar-refractivity contribution >= 4 is 21.9 Å². The summed E-state index contributed by atoms with van der Waals surface area (Å²) in [5.41, 5.74) is 0.694. The molecule has 2 aromatic carbocycles. The topological polar surface area (TPSA) is 175 Å². The molecule has 0 aliphatic heterocycles. The van der Waals surface area contributed by atoms with Crippen LogP contribution in [0, 0.1) is 0 Å². The van der Waals surface area contributed by atoms with Crippen LogP contribution in [0.3, 0.4) is 0 Å². The van der Waals surface area contributed by atoms with Crippen LogP contribution in [0.2, 0.25) is 0 Å². The maximum atomic E-state index is 13.4. The summed E-state index contributed by atoms with van der Waals surface area (Å²) in [6.07, 6.45) is 6.27. The lowest BCUT2D eigenvalue weighted by atomic mass is 10.1. The lowest BCUT2D eigenvalue weighted by molar-refractivity contribution is 0.121. The minimum Gasteiger partial charge on any atom is -0.488 e. The summed E-state index contributed by atoms with van der Waals surface area (Å²) in [6.45, 7) is 23.3. The molecule has 14 heteroatoms. The lowest BCUT2D eigenvalue weighted by Crippen LogP contribution is -2.24. The zero-order valence-electron chi connectivity index (χ0n) is 38.6. The van der Waals surface area contributed by atoms with Gasteiger partial charge in [0.15, 0.2) is 5.76 Å². The molecule has 0 N–H and O–H groups in total. The van der Waals surface area contributed by atoms with Crippen molar-refractivity contribution in [1.29, 1.82) is 0 Å². The van der Waals surface area contributed by atoms with Gasteiger partial charge in [-0.2, -0.15) is 0 Å². The Labute approximate surface area is 375 Å². The van der Waals surface area contributed by atoms with Crippen LogP contribution in [-0.2, 0) is 0 Å². The Morgan fingerprint density at radius 2 is 0.831 bits per heavy atom. The average molecular weight is 878 g/mol. The molecule has 6 heterocycles. The average Bonchev–Trinajstić information content (AvgIpc) is 3.68. The maximum Gasteiger partial charge on any atom is 0.347 e. The second-order valence-corrected chi connectivity index (χ2v) is 19.6. The van der Waals surface area contributed by atoms with Crippen LogP contribution in [0.15, 0.2) is 114 Å². The van der Waals surface area contributed by atoms with Crippen molar-refractivity contribution < 1.29 is 32.2 Å². The number of fused-ring (bicyclic) bond motifs is 2. The first kappa shape index (κ1) is 44.3. The number of hydrogen-bond acceptors (Lipinski definition) is 14. The van der Waals surface area contributed by atoms with Gasteiger partial charge >= 0.3 is 11.3 Å². The van der Waals surface area contributed by atoms with Crippen molar-refractivity contribution in [2.24, 2.45) is 0 Å². The number of nitrogens with zero attached hydrogens (tertiary/aromatic N) is 5. The number of rotatable bonds is 9. The van der Waals surface area contributed by atoms with E-state index in [1.54, 1.807) is 91.5 Å². The highest BCUT2D eigenvalue weighted by atomic mass is 16.5. The molecule has 65 heavy (non-hydrogen) atoms. The molecule has 0 saturated carbocycles. The largest absolute Gasteiger partial charge is 0.488 e. The van der Waals surface area contributed by atoms with Crippen LogP contribution < -0.4 is 30.2 Å². The lowest BCUT2D eigenvalue weighted by Gasteiger charge is -2.25. The van der Waals surface area contributed by atoms with Crippen molar-refractivity contribution in [2.75, 3.05) is 0 Å². The Balaban J connectivity index is 1.03. The van der Waals surface area contributed by atoms with E-state index in [4.69, 9.17) is 37.2 Å². The predicted molar refractivity (Wildman–Crippen MR) is 248 cm³/mol. The second kappa shape index (κ2) is 16.3. The molecule has 0 bridgehead atoms. The van der Waals surface area contributed by atoms with E-state index in [0.717, 1.165) is 0 Å². The number of pyridine rings is 1. The third-order valence-electron chi connectivity index (χ3n) is 9.24. The molecule has 0 unspecified atom stereocenters. The van der Waals surface area contributed by atoms with Gasteiger partial charge in [0.25, 0.3) is 0 Å². The molecule has 8 rings (SSSR count). The fraction of sp³-hybridized carbons (Fsp3) is 0.314. The van der Waals surface area contributed by atoms with Gasteiger partial charge in [-0.05, 0) is 119 Å². The summed E-state index contributed by atoms with van der Waals surface area (Å²) in [5.74, 6) is 2.74. The third-order valence-corrected chi connectivity index (χ3v) is 9.24. The highest BCUT2D eigenvalue weighted by Crippen LogP contribution is 2.38. The Bertz CT molecular complexity index is 3180. The third kappa shape index (κ3) is 10.4. The molecule has 0 aliphatic rings. The van der Waals surface area contributed by atoms with Crippen LogP contribution in [0.5, 0.6) is 23.0 Å². The zero-order chi connectivity index (χ0) is 46.6. The molecule has 0 aliphatic carbocycles. The number of hydrogen-bond donors (Lipinski definition) is 0. The van der Waals surface area contributed by atoms with Gasteiger partial charge < -0.3 is 32.2 Å². The van der Waals surface area contributed by atoms with Crippen LogP contribution in [0.1, 0.15) is 83.1 Å². The van der Waals surface area contributed by atoms with Crippen LogP contribution >= 0.6 is 0 Å². The summed E-state index contributed by atoms with van der Waals surface area (Å²) in [6, 6.07) is 19.1. The zero-order valence-corrected chi connectivity index (χ0v) is 38.6. The molecule has 0 radical (unpaired) electrons.